The molecular weight excluding hydrogens is 262 g/mol. The highest BCUT2D eigenvalue weighted by Gasteiger charge is 2.16. The van der Waals surface area contributed by atoms with Crippen LogP contribution in [0.15, 0.2) is 16.7 Å². The van der Waals surface area contributed by atoms with Crippen molar-refractivity contribution in [3.63, 3.8) is 0 Å². The minimum absolute atomic E-state index is 0.396. The van der Waals surface area contributed by atoms with Crippen LogP contribution in [-0.2, 0) is 4.79 Å². The molecular formula is C9H12BrN3O2. The lowest BCUT2D eigenvalue weighted by Crippen LogP contribution is -2.29. The molecule has 0 saturated heterocycles. The fourth-order valence-electron chi connectivity index (χ4n) is 1.08. The Morgan fingerprint density at radius 3 is 2.93 bits per heavy atom. The molecule has 6 heteroatoms. The number of carbonyl (C=O) groups is 1. The van der Waals surface area contributed by atoms with E-state index in [0.717, 1.165) is 4.47 Å². The number of aliphatic carboxylic acids is 1. The van der Waals surface area contributed by atoms with Crippen molar-refractivity contribution < 1.29 is 9.90 Å². The second-order valence-electron chi connectivity index (χ2n) is 3.03. The number of halogens is 1. The Bertz CT molecular complexity index is 370. The molecule has 0 saturated carbocycles. The zero-order valence-corrected chi connectivity index (χ0v) is 9.78. The standard InChI is InChI=1S/C9H12BrN3O2/c1-2-7(9(14)15)13-8-6(11)3-5(10)4-12-8/h3-4,7H,2,11H2,1H3,(H,12,13)(H,14,15). The van der Waals surface area contributed by atoms with Crippen LogP contribution in [0.5, 0.6) is 0 Å². The highest BCUT2D eigenvalue weighted by molar-refractivity contribution is 9.10. The van der Waals surface area contributed by atoms with Gasteiger partial charge in [0.05, 0.1) is 5.69 Å². The summed E-state index contributed by atoms with van der Waals surface area (Å²) in [7, 11) is 0. The lowest BCUT2D eigenvalue weighted by atomic mass is 10.2. The van der Waals surface area contributed by atoms with Crippen molar-refractivity contribution in [3.8, 4) is 0 Å². The molecule has 1 unspecified atom stereocenters. The van der Waals surface area contributed by atoms with Gasteiger partial charge in [-0.2, -0.15) is 0 Å². The van der Waals surface area contributed by atoms with Gasteiger partial charge in [0.25, 0.3) is 0 Å². The normalized spacial score (nSPS) is 12.1. The van der Waals surface area contributed by atoms with Gasteiger partial charge in [0.15, 0.2) is 0 Å². The Kier molecular flexibility index (Phi) is 3.90. The minimum Gasteiger partial charge on any atom is -0.480 e. The number of pyridine rings is 1. The number of aromatic nitrogens is 1. The summed E-state index contributed by atoms with van der Waals surface area (Å²) < 4.78 is 0.758. The van der Waals surface area contributed by atoms with E-state index < -0.39 is 12.0 Å². The first-order valence-electron chi connectivity index (χ1n) is 4.45. The number of hydrogen-bond acceptors (Lipinski definition) is 4. The van der Waals surface area contributed by atoms with Gasteiger partial charge >= 0.3 is 5.97 Å². The summed E-state index contributed by atoms with van der Waals surface area (Å²) in [6.07, 6.45) is 2.03. The summed E-state index contributed by atoms with van der Waals surface area (Å²) >= 11 is 3.22. The van der Waals surface area contributed by atoms with E-state index in [0.29, 0.717) is 17.9 Å². The maximum absolute atomic E-state index is 10.8. The van der Waals surface area contributed by atoms with Gasteiger partial charge in [-0.05, 0) is 28.4 Å². The fourth-order valence-corrected chi connectivity index (χ4v) is 1.43. The smallest absolute Gasteiger partial charge is 0.326 e. The molecule has 5 nitrogen and oxygen atoms in total. The lowest BCUT2D eigenvalue weighted by molar-refractivity contribution is -0.137. The molecule has 1 aromatic heterocycles. The summed E-state index contributed by atoms with van der Waals surface area (Å²) in [4.78, 5) is 14.8. The molecule has 1 rings (SSSR count). The van der Waals surface area contributed by atoms with Gasteiger partial charge < -0.3 is 16.2 Å². The molecule has 0 aromatic carbocycles. The molecule has 0 aliphatic heterocycles. The monoisotopic (exact) mass is 273 g/mol. The summed E-state index contributed by atoms with van der Waals surface area (Å²) in [6.45, 7) is 1.78. The first kappa shape index (κ1) is 11.8. The van der Waals surface area contributed by atoms with Crippen molar-refractivity contribution in [2.24, 2.45) is 0 Å². The molecule has 0 radical (unpaired) electrons. The number of carboxylic acid groups (broad SMARTS) is 1. The third-order valence-electron chi connectivity index (χ3n) is 1.90. The van der Waals surface area contributed by atoms with Crippen molar-refractivity contribution >= 4 is 33.4 Å². The second kappa shape index (κ2) is 4.97. The number of carboxylic acids is 1. The van der Waals surface area contributed by atoms with Gasteiger partial charge in [0.1, 0.15) is 11.9 Å². The Hall–Kier alpha value is -1.30. The summed E-state index contributed by atoms with van der Waals surface area (Å²) in [5.74, 6) is -0.519. The maximum Gasteiger partial charge on any atom is 0.326 e. The molecule has 0 spiro atoms. The zero-order chi connectivity index (χ0) is 11.4. The third-order valence-corrected chi connectivity index (χ3v) is 2.33. The minimum atomic E-state index is -0.915. The maximum atomic E-state index is 10.8. The number of nitrogens with one attached hydrogen (secondary N) is 1. The van der Waals surface area contributed by atoms with E-state index in [1.54, 1.807) is 19.2 Å². The van der Waals surface area contributed by atoms with E-state index >= 15 is 0 Å². The number of nitrogens with two attached hydrogens (primary N) is 1. The van der Waals surface area contributed by atoms with Crippen molar-refractivity contribution in [2.45, 2.75) is 19.4 Å². The zero-order valence-electron chi connectivity index (χ0n) is 8.20. The number of rotatable bonds is 4. The highest BCUT2D eigenvalue weighted by atomic mass is 79.9. The molecule has 0 aliphatic rings. The van der Waals surface area contributed by atoms with Crippen LogP contribution in [0.25, 0.3) is 0 Å². The molecule has 0 fully saturated rings. The van der Waals surface area contributed by atoms with Gasteiger partial charge in [-0.1, -0.05) is 6.92 Å². The van der Waals surface area contributed by atoms with E-state index in [1.165, 1.54) is 0 Å². The molecule has 1 atom stereocenters. The van der Waals surface area contributed by atoms with Crippen molar-refractivity contribution in [1.82, 2.24) is 4.98 Å². The van der Waals surface area contributed by atoms with Crippen molar-refractivity contribution in [1.29, 1.82) is 0 Å². The van der Waals surface area contributed by atoms with Crippen LogP contribution in [0.1, 0.15) is 13.3 Å². The predicted octanol–water partition coefficient (Wildman–Crippen LogP) is 1.70. The topological polar surface area (TPSA) is 88.2 Å². The average Bonchev–Trinajstić information content (AvgIpc) is 2.16. The third kappa shape index (κ3) is 3.09. The number of anilines is 2. The molecule has 1 heterocycles. The van der Waals surface area contributed by atoms with E-state index in [-0.39, 0.29) is 0 Å². The van der Waals surface area contributed by atoms with Crippen LogP contribution < -0.4 is 11.1 Å². The van der Waals surface area contributed by atoms with Gasteiger partial charge in [-0.15, -0.1) is 0 Å². The van der Waals surface area contributed by atoms with Crippen LogP contribution in [0.2, 0.25) is 0 Å². The lowest BCUT2D eigenvalue weighted by Gasteiger charge is -2.14. The van der Waals surface area contributed by atoms with Crippen LogP contribution in [0.4, 0.5) is 11.5 Å². The van der Waals surface area contributed by atoms with Crippen LogP contribution in [-0.4, -0.2) is 22.1 Å². The predicted molar refractivity (Wildman–Crippen MR) is 61.7 cm³/mol. The molecule has 1 aromatic rings. The van der Waals surface area contributed by atoms with Crippen LogP contribution >= 0.6 is 15.9 Å². The Labute approximate surface area is 95.8 Å². The fraction of sp³-hybridized carbons (Fsp3) is 0.333. The molecule has 0 amide bonds. The average molecular weight is 274 g/mol. The SMILES string of the molecule is CCC(Nc1ncc(Br)cc1N)C(=O)O. The van der Waals surface area contributed by atoms with Crippen LogP contribution in [0.3, 0.4) is 0 Å². The largest absolute Gasteiger partial charge is 0.480 e. The number of nitrogen functional groups attached to an aromatic ring is 1. The first-order chi connectivity index (χ1) is 7.04. The highest BCUT2D eigenvalue weighted by Crippen LogP contribution is 2.20. The summed E-state index contributed by atoms with van der Waals surface area (Å²) in [5, 5.41) is 11.6. The van der Waals surface area contributed by atoms with Gasteiger partial charge in [0, 0.05) is 10.7 Å². The van der Waals surface area contributed by atoms with Crippen molar-refractivity contribution in [2.75, 3.05) is 11.1 Å². The molecule has 4 N–H and O–H groups in total. The Morgan fingerprint density at radius 1 is 1.80 bits per heavy atom. The quantitative estimate of drug-likeness (QED) is 0.777. The summed E-state index contributed by atoms with van der Waals surface area (Å²) in [5.41, 5.74) is 6.10. The molecule has 82 valence electrons. The summed E-state index contributed by atoms with van der Waals surface area (Å²) in [6, 6.07) is 1.00. The molecule has 0 aliphatic carbocycles. The van der Waals surface area contributed by atoms with E-state index in [4.69, 9.17) is 10.8 Å². The van der Waals surface area contributed by atoms with Gasteiger partial charge in [-0.3, -0.25) is 0 Å². The number of hydrogen-bond donors (Lipinski definition) is 3. The van der Waals surface area contributed by atoms with E-state index in [1.807, 2.05) is 0 Å². The first-order valence-corrected chi connectivity index (χ1v) is 5.24. The number of nitrogens with zero attached hydrogens (tertiary/aromatic N) is 1. The van der Waals surface area contributed by atoms with E-state index in [2.05, 4.69) is 26.2 Å². The van der Waals surface area contributed by atoms with Crippen LogP contribution in [0, 0.1) is 0 Å². The van der Waals surface area contributed by atoms with Gasteiger partial charge in [0.2, 0.25) is 0 Å². The van der Waals surface area contributed by atoms with Crippen molar-refractivity contribution in [3.05, 3.63) is 16.7 Å². The van der Waals surface area contributed by atoms with Gasteiger partial charge in [-0.25, -0.2) is 9.78 Å². The molecule has 0 bridgehead atoms. The Balaban J connectivity index is 2.84. The van der Waals surface area contributed by atoms with E-state index in [9.17, 15) is 4.79 Å². The molecule has 15 heavy (non-hydrogen) atoms. The Morgan fingerprint density at radius 2 is 2.47 bits per heavy atom. The second-order valence-corrected chi connectivity index (χ2v) is 3.95.